The van der Waals surface area contributed by atoms with Gasteiger partial charge in [0.25, 0.3) is 0 Å². The molecule has 1 heterocycles. The van der Waals surface area contributed by atoms with Gasteiger partial charge in [0, 0.05) is 24.4 Å². The lowest BCUT2D eigenvalue weighted by Gasteiger charge is -2.31. The number of carbonyl (C=O) groups excluding carboxylic acids is 2. The molecule has 0 aliphatic carbocycles. The monoisotopic (exact) mass is 415 g/mol. The molecule has 0 aromatic heterocycles. The van der Waals surface area contributed by atoms with Gasteiger partial charge in [-0.3, -0.25) is 9.59 Å². The summed E-state index contributed by atoms with van der Waals surface area (Å²) in [6.07, 6.45) is 0.207. The van der Waals surface area contributed by atoms with Crippen LogP contribution in [0.2, 0.25) is 0 Å². The third kappa shape index (κ3) is 5.77. The number of hydrogen-bond acceptors (Lipinski definition) is 5. The first-order chi connectivity index (χ1) is 13.8. The Labute approximate surface area is 177 Å². The predicted octanol–water partition coefficient (Wildman–Crippen LogP) is 3.80. The highest BCUT2D eigenvalue weighted by Gasteiger charge is 2.30. The number of ether oxygens (including phenoxy) is 1. The predicted molar refractivity (Wildman–Crippen MR) is 115 cm³/mol. The fourth-order valence-corrected chi connectivity index (χ4v) is 4.51. The Bertz CT molecular complexity index is 802. The van der Waals surface area contributed by atoms with Crippen molar-refractivity contribution in [3.63, 3.8) is 0 Å². The summed E-state index contributed by atoms with van der Waals surface area (Å²) in [7, 11) is 0. The van der Waals surface area contributed by atoms with E-state index in [4.69, 9.17) is 4.74 Å². The second kappa shape index (κ2) is 10.4. The highest BCUT2D eigenvalue weighted by atomic mass is 32.2. The van der Waals surface area contributed by atoms with Gasteiger partial charge in [-0.15, -0.1) is 0 Å². The molecular formula is C22H29N3O3S. The zero-order valence-electron chi connectivity index (χ0n) is 17.7. The smallest absolute Gasteiger partial charge is 0.233 e. The average Bonchev–Trinajstić information content (AvgIpc) is 2.66. The summed E-state index contributed by atoms with van der Waals surface area (Å²) in [5, 5.41) is 13.0. The molecule has 0 saturated carbocycles. The van der Waals surface area contributed by atoms with Gasteiger partial charge in [0.05, 0.1) is 29.0 Å². The molecule has 0 bridgehead atoms. The quantitative estimate of drug-likeness (QED) is 0.698. The number of benzene rings is 1. The van der Waals surface area contributed by atoms with Crippen molar-refractivity contribution in [3.05, 3.63) is 40.4 Å². The molecule has 2 amide bonds. The molecule has 0 radical (unpaired) electrons. The van der Waals surface area contributed by atoms with Crippen LogP contribution in [0.25, 0.3) is 0 Å². The van der Waals surface area contributed by atoms with E-state index in [0.29, 0.717) is 17.2 Å². The minimum Gasteiger partial charge on any atom is -0.494 e. The van der Waals surface area contributed by atoms with E-state index in [0.717, 1.165) is 11.3 Å². The van der Waals surface area contributed by atoms with Crippen LogP contribution in [0.1, 0.15) is 52.5 Å². The molecule has 1 aromatic carbocycles. The zero-order chi connectivity index (χ0) is 21.6. The molecule has 29 heavy (non-hydrogen) atoms. The molecule has 2 rings (SSSR count). The molecule has 156 valence electrons. The molecule has 0 unspecified atom stereocenters. The maximum atomic E-state index is 12.7. The number of rotatable bonds is 8. The summed E-state index contributed by atoms with van der Waals surface area (Å²) in [5.74, 6) is 0.437. The average molecular weight is 416 g/mol. The van der Waals surface area contributed by atoms with Crippen LogP contribution < -0.4 is 10.1 Å². The second-order valence-corrected chi connectivity index (χ2v) is 8.42. The molecule has 1 aliphatic rings. The van der Waals surface area contributed by atoms with E-state index in [1.54, 1.807) is 0 Å². The molecule has 7 heteroatoms. The summed E-state index contributed by atoms with van der Waals surface area (Å²) in [5.41, 5.74) is 1.38. The summed E-state index contributed by atoms with van der Waals surface area (Å²) in [4.78, 5) is 26.8. The number of allylic oxidation sites excluding steroid dienone is 1. The van der Waals surface area contributed by atoms with E-state index in [1.807, 2.05) is 63.8 Å². The van der Waals surface area contributed by atoms with Crippen LogP contribution in [-0.2, 0) is 9.59 Å². The fraction of sp³-hybridized carbons (Fsp3) is 0.500. The van der Waals surface area contributed by atoms with E-state index in [1.165, 1.54) is 11.8 Å². The standard InChI is InChI=1S/C22H29N3O3S/c1-6-28-17-9-7-16(8-10-17)18-11-20(26)24-22(19(18)12-23)29-13-21(27)25(14(2)3)15(4)5/h7-10,14-15,18H,6,11,13H2,1-5H3,(H,24,26)/t18-/m1/s1. The van der Waals surface area contributed by atoms with Crippen LogP contribution in [0.3, 0.4) is 0 Å². The van der Waals surface area contributed by atoms with Gasteiger partial charge in [0.15, 0.2) is 0 Å². The maximum absolute atomic E-state index is 12.7. The Kier molecular flexibility index (Phi) is 8.15. The van der Waals surface area contributed by atoms with Crippen LogP contribution in [0.15, 0.2) is 34.9 Å². The van der Waals surface area contributed by atoms with E-state index >= 15 is 0 Å². The van der Waals surface area contributed by atoms with E-state index in [-0.39, 0.29) is 42.0 Å². The van der Waals surface area contributed by atoms with Crippen molar-refractivity contribution in [2.45, 2.75) is 59.0 Å². The Morgan fingerprint density at radius 3 is 2.41 bits per heavy atom. The molecule has 1 aromatic rings. The van der Waals surface area contributed by atoms with Gasteiger partial charge < -0.3 is 15.0 Å². The number of carbonyl (C=O) groups is 2. The Morgan fingerprint density at radius 2 is 1.90 bits per heavy atom. The maximum Gasteiger partial charge on any atom is 0.233 e. The lowest BCUT2D eigenvalue weighted by Crippen LogP contribution is -2.43. The summed E-state index contributed by atoms with van der Waals surface area (Å²) >= 11 is 1.22. The summed E-state index contributed by atoms with van der Waals surface area (Å²) in [6.45, 7) is 10.4. The second-order valence-electron chi connectivity index (χ2n) is 7.44. The van der Waals surface area contributed by atoms with Crippen molar-refractivity contribution < 1.29 is 14.3 Å². The number of nitrogens with zero attached hydrogens (tertiary/aromatic N) is 2. The normalized spacial score (nSPS) is 16.6. The van der Waals surface area contributed by atoms with Crippen molar-refractivity contribution in [2.24, 2.45) is 0 Å². The molecule has 0 fully saturated rings. The van der Waals surface area contributed by atoms with Crippen molar-refractivity contribution in [1.82, 2.24) is 10.2 Å². The first-order valence-corrected chi connectivity index (χ1v) is 10.9. The zero-order valence-corrected chi connectivity index (χ0v) is 18.5. The van der Waals surface area contributed by atoms with Crippen LogP contribution in [-0.4, -0.2) is 41.2 Å². The van der Waals surface area contributed by atoms with Crippen molar-refractivity contribution in [1.29, 1.82) is 5.26 Å². The minimum atomic E-state index is -0.326. The van der Waals surface area contributed by atoms with Crippen molar-refractivity contribution in [3.8, 4) is 11.8 Å². The summed E-state index contributed by atoms with van der Waals surface area (Å²) < 4.78 is 5.47. The SMILES string of the molecule is CCOc1ccc([C@H]2CC(=O)NC(SCC(=O)N(C(C)C)C(C)C)=C2C#N)cc1. The molecule has 1 aliphatic heterocycles. The van der Waals surface area contributed by atoms with E-state index < -0.39 is 0 Å². The number of thioether (sulfide) groups is 1. The van der Waals surface area contributed by atoms with Crippen LogP contribution in [0, 0.1) is 11.3 Å². The molecule has 0 saturated heterocycles. The van der Waals surface area contributed by atoms with Gasteiger partial charge in [0.2, 0.25) is 11.8 Å². The van der Waals surface area contributed by atoms with E-state index in [2.05, 4.69) is 11.4 Å². The third-order valence-corrected chi connectivity index (χ3v) is 5.69. The topological polar surface area (TPSA) is 82.4 Å². The van der Waals surface area contributed by atoms with Crippen LogP contribution in [0.5, 0.6) is 5.75 Å². The molecule has 1 atom stereocenters. The highest BCUT2D eigenvalue weighted by molar-refractivity contribution is 8.03. The Morgan fingerprint density at radius 1 is 1.28 bits per heavy atom. The molecular weight excluding hydrogens is 386 g/mol. The highest BCUT2D eigenvalue weighted by Crippen LogP contribution is 2.36. The number of hydrogen-bond donors (Lipinski definition) is 1. The largest absolute Gasteiger partial charge is 0.494 e. The van der Waals surface area contributed by atoms with Crippen molar-refractivity contribution >= 4 is 23.6 Å². The van der Waals surface area contributed by atoms with Gasteiger partial charge in [-0.05, 0) is 52.3 Å². The van der Waals surface area contributed by atoms with Gasteiger partial charge in [-0.1, -0.05) is 23.9 Å². The van der Waals surface area contributed by atoms with Crippen LogP contribution >= 0.6 is 11.8 Å². The number of amides is 2. The number of nitriles is 1. The Balaban J connectivity index is 2.23. The minimum absolute atomic E-state index is 0.0118. The van der Waals surface area contributed by atoms with Gasteiger partial charge in [-0.2, -0.15) is 5.26 Å². The molecule has 1 N–H and O–H groups in total. The van der Waals surface area contributed by atoms with Gasteiger partial charge in [-0.25, -0.2) is 0 Å². The lowest BCUT2D eigenvalue weighted by atomic mass is 9.87. The lowest BCUT2D eigenvalue weighted by molar-refractivity contribution is -0.131. The van der Waals surface area contributed by atoms with Crippen LogP contribution in [0.4, 0.5) is 0 Å². The van der Waals surface area contributed by atoms with Gasteiger partial charge >= 0.3 is 0 Å². The van der Waals surface area contributed by atoms with Crippen molar-refractivity contribution in [2.75, 3.05) is 12.4 Å². The molecule has 0 spiro atoms. The number of nitrogens with one attached hydrogen (secondary N) is 1. The molecule has 6 nitrogen and oxygen atoms in total. The third-order valence-electron chi connectivity index (χ3n) is 4.69. The Hall–Kier alpha value is -2.46. The van der Waals surface area contributed by atoms with E-state index in [9.17, 15) is 14.9 Å². The first-order valence-electron chi connectivity index (χ1n) is 9.89. The summed E-state index contributed by atoms with van der Waals surface area (Å²) in [6, 6.07) is 9.89. The first kappa shape index (κ1) is 22.8. The van der Waals surface area contributed by atoms with Gasteiger partial charge in [0.1, 0.15) is 5.75 Å². The fourth-order valence-electron chi connectivity index (χ4n) is 3.56.